The van der Waals surface area contributed by atoms with Crippen LogP contribution in [-0.2, 0) is 0 Å². The Morgan fingerprint density at radius 3 is 1.17 bits per heavy atom. The number of hydrogen-bond acceptors (Lipinski definition) is 4. The van der Waals surface area contributed by atoms with Crippen molar-refractivity contribution in [1.82, 2.24) is 9.13 Å². The fourth-order valence-electron chi connectivity index (χ4n) is 6.40. The third-order valence-electron chi connectivity index (χ3n) is 8.28. The number of rotatable bonds is 6. The van der Waals surface area contributed by atoms with Crippen LogP contribution >= 0.6 is 0 Å². The molecule has 6 nitrogen and oxygen atoms in total. The molecule has 0 spiro atoms. The molecule has 0 bridgehead atoms. The highest BCUT2D eigenvalue weighted by atomic mass is 16.2. The summed E-state index contributed by atoms with van der Waals surface area (Å²) in [7, 11) is 0. The van der Waals surface area contributed by atoms with Gasteiger partial charge in [-0.15, -0.1) is 0 Å². The van der Waals surface area contributed by atoms with Crippen LogP contribution in [0.25, 0.3) is 53.9 Å². The van der Waals surface area contributed by atoms with Gasteiger partial charge < -0.3 is 0 Å². The van der Waals surface area contributed by atoms with Crippen molar-refractivity contribution in [3.8, 4) is 0 Å². The molecule has 6 rings (SSSR count). The zero-order valence-corrected chi connectivity index (χ0v) is 21.0. The summed E-state index contributed by atoms with van der Waals surface area (Å²) in [5.41, 5.74) is -1.11. The molecule has 2 heterocycles. The summed E-state index contributed by atoms with van der Waals surface area (Å²) in [4.78, 5) is 54.6. The van der Waals surface area contributed by atoms with Gasteiger partial charge in [-0.05, 0) is 71.5 Å². The fourth-order valence-corrected chi connectivity index (χ4v) is 6.40. The molecule has 4 aromatic carbocycles. The van der Waals surface area contributed by atoms with Crippen LogP contribution in [0.15, 0.2) is 55.6 Å². The van der Waals surface area contributed by atoms with E-state index in [1.165, 1.54) is 9.13 Å². The highest BCUT2D eigenvalue weighted by Crippen LogP contribution is 2.41. The molecule has 0 radical (unpaired) electrons. The van der Waals surface area contributed by atoms with E-state index in [-0.39, 0.29) is 34.3 Å². The first kappa shape index (κ1) is 22.7. The van der Waals surface area contributed by atoms with Crippen LogP contribution in [0.3, 0.4) is 0 Å². The Kier molecular flexibility index (Phi) is 4.94. The van der Waals surface area contributed by atoms with Gasteiger partial charge in [-0.2, -0.15) is 0 Å². The molecule has 0 aliphatic rings. The SMILES string of the molecule is CCC(CC)n1c(=O)c2ccc3cc4c(=O)n(C(CC)CC)c(=O)c5ccc6cc(c1=O)c2c3c6c54. The normalized spacial score (nSPS) is 12.7. The Labute approximate surface area is 206 Å². The standard InChI is InChI=1S/C30H28N2O4/c1-5-17(6-2)31-27(33)19-11-9-16-14-22-26-20(28(34)32(30(22)36)18(7-3)8-4)12-10-15-13-21(29(31)35)25(19)23(16)24(15)26/h9-14,17-18H,5-8H2,1-4H3. The number of benzene rings is 4. The third kappa shape index (κ3) is 2.67. The van der Waals surface area contributed by atoms with Crippen molar-refractivity contribution in [2.24, 2.45) is 0 Å². The van der Waals surface area contributed by atoms with Gasteiger partial charge in [0.25, 0.3) is 22.2 Å². The average Bonchev–Trinajstić information content (AvgIpc) is 2.89. The molecule has 0 aliphatic carbocycles. The summed E-state index contributed by atoms with van der Waals surface area (Å²) < 4.78 is 2.82. The predicted molar refractivity (Wildman–Crippen MR) is 148 cm³/mol. The van der Waals surface area contributed by atoms with Gasteiger partial charge >= 0.3 is 0 Å². The van der Waals surface area contributed by atoms with Crippen LogP contribution in [-0.4, -0.2) is 9.13 Å². The molecule has 0 aliphatic heterocycles. The third-order valence-corrected chi connectivity index (χ3v) is 8.28. The number of aromatic nitrogens is 2. The molecule has 36 heavy (non-hydrogen) atoms. The molecule has 0 unspecified atom stereocenters. The predicted octanol–water partition coefficient (Wildman–Crippen LogP) is 5.53. The first-order valence-corrected chi connectivity index (χ1v) is 12.9. The Bertz CT molecular complexity index is 1880. The second-order valence-electron chi connectivity index (χ2n) is 9.92. The molecule has 0 saturated carbocycles. The molecule has 6 aromatic rings. The van der Waals surface area contributed by atoms with Gasteiger partial charge in [-0.3, -0.25) is 28.3 Å². The minimum absolute atomic E-state index is 0.169. The monoisotopic (exact) mass is 480 g/mol. The van der Waals surface area contributed by atoms with Gasteiger partial charge in [0.15, 0.2) is 0 Å². The van der Waals surface area contributed by atoms with Gasteiger partial charge in [0.2, 0.25) is 0 Å². The van der Waals surface area contributed by atoms with Crippen LogP contribution in [0.1, 0.15) is 65.5 Å². The summed E-state index contributed by atoms with van der Waals surface area (Å²) in [5.74, 6) is 0. The van der Waals surface area contributed by atoms with Gasteiger partial charge in [0.05, 0.1) is 0 Å². The zero-order valence-electron chi connectivity index (χ0n) is 21.0. The van der Waals surface area contributed by atoms with Crippen molar-refractivity contribution in [3.05, 3.63) is 77.8 Å². The molecule has 2 aromatic heterocycles. The second-order valence-corrected chi connectivity index (χ2v) is 9.92. The maximum Gasteiger partial charge on any atom is 0.261 e. The lowest BCUT2D eigenvalue weighted by molar-refractivity contribution is 0.451. The molecule has 0 amide bonds. The first-order chi connectivity index (χ1) is 17.4. The van der Waals surface area contributed by atoms with Crippen LogP contribution in [0.4, 0.5) is 0 Å². The minimum Gasteiger partial charge on any atom is -0.271 e. The number of hydrogen-bond donors (Lipinski definition) is 0. The first-order valence-electron chi connectivity index (χ1n) is 12.9. The minimum atomic E-state index is -0.279. The van der Waals surface area contributed by atoms with E-state index in [0.29, 0.717) is 58.0 Å². The highest BCUT2D eigenvalue weighted by molar-refractivity contribution is 6.35. The summed E-state index contributed by atoms with van der Waals surface area (Å²) in [6.45, 7) is 7.94. The van der Waals surface area contributed by atoms with Gasteiger partial charge in [0.1, 0.15) is 0 Å². The lowest BCUT2D eigenvalue weighted by Crippen LogP contribution is -2.37. The Hall–Kier alpha value is -3.80. The maximum absolute atomic E-state index is 13.7. The highest BCUT2D eigenvalue weighted by Gasteiger charge is 2.25. The topological polar surface area (TPSA) is 78.1 Å². The quantitative estimate of drug-likeness (QED) is 0.232. The smallest absolute Gasteiger partial charge is 0.261 e. The van der Waals surface area contributed by atoms with Crippen LogP contribution in [0, 0.1) is 0 Å². The number of pyridine rings is 2. The van der Waals surface area contributed by atoms with E-state index in [9.17, 15) is 19.2 Å². The molecular formula is C30H28N2O4. The van der Waals surface area contributed by atoms with E-state index in [1.807, 2.05) is 52.0 Å². The lowest BCUT2D eigenvalue weighted by atomic mass is 9.87. The van der Waals surface area contributed by atoms with Crippen LogP contribution in [0.2, 0.25) is 0 Å². The molecule has 0 fully saturated rings. The van der Waals surface area contributed by atoms with E-state index in [2.05, 4.69) is 0 Å². The summed E-state index contributed by atoms with van der Waals surface area (Å²) in [6, 6.07) is 10.6. The fraction of sp³-hybridized carbons (Fsp3) is 0.333. The molecule has 0 N–H and O–H groups in total. The van der Waals surface area contributed by atoms with Crippen molar-refractivity contribution >= 4 is 53.9 Å². The largest absolute Gasteiger partial charge is 0.271 e. The van der Waals surface area contributed by atoms with Crippen molar-refractivity contribution in [2.75, 3.05) is 0 Å². The van der Waals surface area contributed by atoms with Crippen molar-refractivity contribution in [1.29, 1.82) is 0 Å². The molecule has 182 valence electrons. The van der Waals surface area contributed by atoms with E-state index < -0.39 is 0 Å². The number of nitrogens with zero attached hydrogens (tertiary/aromatic N) is 2. The van der Waals surface area contributed by atoms with Crippen molar-refractivity contribution in [3.63, 3.8) is 0 Å². The van der Waals surface area contributed by atoms with E-state index in [0.717, 1.165) is 21.5 Å². The van der Waals surface area contributed by atoms with Crippen molar-refractivity contribution < 1.29 is 0 Å². The molecule has 0 saturated heterocycles. The molecular weight excluding hydrogens is 452 g/mol. The Morgan fingerprint density at radius 2 is 0.833 bits per heavy atom. The van der Waals surface area contributed by atoms with Crippen LogP contribution < -0.4 is 22.2 Å². The van der Waals surface area contributed by atoms with Crippen molar-refractivity contribution in [2.45, 2.75) is 65.5 Å². The van der Waals surface area contributed by atoms with Gasteiger partial charge in [0, 0.05) is 44.4 Å². The van der Waals surface area contributed by atoms with Gasteiger partial charge in [-0.1, -0.05) is 39.8 Å². The summed E-state index contributed by atoms with van der Waals surface area (Å²) in [5, 5.41) is 6.41. The summed E-state index contributed by atoms with van der Waals surface area (Å²) in [6.07, 6.45) is 2.76. The van der Waals surface area contributed by atoms with E-state index in [4.69, 9.17) is 0 Å². The Balaban J connectivity index is 1.90. The van der Waals surface area contributed by atoms with E-state index >= 15 is 0 Å². The average molecular weight is 481 g/mol. The summed E-state index contributed by atoms with van der Waals surface area (Å²) >= 11 is 0. The second kappa shape index (κ2) is 7.85. The maximum atomic E-state index is 13.7. The van der Waals surface area contributed by atoms with Crippen LogP contribution in [0.5, 0.6) is 0 Å². The zero-order chi connectivity index (χ0) is 25.5. The van der Waals surface area contributed by atoms with E-state index in [1.54, 1.807) is 12.1 Å². The van der Waals surface area contributed by atoms with Gasteiger partial charge in [-0.25, -0.2) is 0 Å². The Morgan fingerprint density at radius 1 is 0.500 bits per heavy atom. The molecule has 0 atom stereocenters. The molecule has 6 heteroatoms. The lowest BCUT2D eigenvalue weighted by Gasteiger charge is -2.21.